The van der Waals surface area contributed by atoms with Crippen LogP contribution >= 0.6 is 11.8 Å². The third kappa shape index (κ3) is 10.2. The summed E-state index contributed by atoms with van der Waals surface area (Å²) in [6.07, 6.45) is 12.0. The number of carbonyl (C=O) groups excluding carboxylic acids is 1. The van der Waals surface area contributed by atoms with Crippen LogP contribution in [-0.4, -0.2) is 54.4 Å². The van der Waals surface area contributed by atoms with Crippen LogP contribution in [0.1, 0.15) is 86.2 Å². The highest BCUT2D eigenvalue weighted by molar-refractivity contribution is 7.98. The molecule has 1 aliphatic carbocycles. The molecule has 0 aromatic heterocycles. The van der Waals surface area contributed by atoms with Crippen LogP contribution < -0.4 is 5.32 Å². The highest BCUT2D eigenvalue weighted by Gasteiger charge is 2.24. The first kappa shape index (κ1) is 32.2. The van der Waals surface area contributed by atoms with E-state index < -0.39 is 12.0 Å². The molecule has 0 spiro atoms. The molecule has 0 radical (unpaired) electrons. The molecule has 1 fully saturated rings. The zero-order chi connectivity index (χ0) is 28.7. The van der Waals surface area contributed by atoms with Crippen molar-refractivity contribution in [3.05, 3.63) is 59.2 Å². The number of benzene rings is 2. The highest BCUT2D eigenvalue weighted by atomic mass is 32.2. The van der Waals surface area contributed by atoms with Crippen LogP contribution in [0, 0.1) is 12.8 Å². The second-order valence-electron chi connectivity index (χ2n) is 10.9. The third-order valence-electron chi connectivity index (χ3n) is 7.73. The molecular formula is C33H47NO5S. The molecule has 2 aromatic rings. The van der Waals surface area contributed by atoms with Gasteiger partial charge in [-0.05, 0) is 78.5 Å². The molecule has 1 amide bonds. The number of carboxylic acid groups (broad SMARTS) is 1. The lowest BCUT2D eigenvalue weighted by Crippen LogP contribution is -2.41. The average molecular weight is 570 g/mol. The number of hydrogen-bond donors (Lipinski definition) is 2. The summed E-state index contributed by atoms with van der Waals surface area (Å²) in [6, 6.07) is 12.8. The van der Waals surface area contributed by atoms with Crippen LogP contribution in [0.5, 0.6) is 0 Å². The monoisotopic (exact) mass is 569 g/mol. The maximum absolute atomic E-state index is 13.4. The summed E-state index contributed by atoms with van der Waals surface area (Å²) in [5.41, 5.74) is 4.23. The quantitative estimate of drug-likeness (QED) is 0.195. The first-order valence-corrected chi connectivity index (χ1v) is 16.2. The SMILES string of the molecule is CCCCOC[C@@H](CC1CCCCC1)OCc1ccc(C(=O)NC(CCSC)C(=O)O)c(-c2ccccc2C)c1. The molecule has 0 aliphatic heterocycles. The Morgan fingerprint density at radius 3 is 2.58 bits per heavy atom. The fraction of sp³-hybridized carbons (Fsp3) is 0.576. The molecule has 1 unspecified atom stereocenters. The van der Waals surface area contributed by atoms with E-state index >= 15 is 0 Å². The predicted octanol–water partition coefficient (Wildman–Crippen LogP) is 7.27. The van der Waals surface area contributed by atoms with Gasteiger partial charge in [-0.25, -0.2) is 4.79 Å². The van der Waals surface area contributed by atoms with Gasteiger partial charge >= 0.3 is 5.97 Å². The van der Waals surface area contributed by atoms with E-state index in [1.807, 2.05) is 49.6 Å². The third-order valence-corrected chi connectivity index (χ3v) is 8.37. The maximum Gasteiger partial charge on any atom is 0.326 e. The number of ether oxygens (including phenoxy) is 2. The second-order valence-corrected chi connectivity index (χ2v) is 11.9. The Labute approximate surface area is 244 Å². The Morgan fingerprint density at radius 2 is 1.88 bits per heavy atom. The fourth-order valence-electron chi connectivity index (χ4n) is 5.36. The average Bonchev–Trinajstić information content (AvgIpc) is 2.96. The van der Waals surface area contributed by atoms with E-state index in [0.29, 0.717) is 36.9 Å². The highest BCUT2D eigenvalue weighted by Crippen LogP contribution is 2.31. The topological polar surface area (TPSA) is 84.9 Å². The van der Waals surface area contributed by atoms with Crippen molar-refractivity contribution < 1.29 is 24.2 Å². The van der Waals surface area contributed by atoms with Crippen molar-refractivity contribution in [1.82, 2.24) is 5.32 Å². The van der Waals surface area contributed by atoms with Crippen LogP contribution in [0.15, 0.2) is 42.5 Å². The second kappa shape index (κ2) is 17.5. The zero-order valence-electron chi connectivity index (χ0n) is 24.5. The van der Waals surface area contributed by atoms with Crippen molar-refractivity contribution in [3.8, 4) is 11.1 Å². The minimum absolute atomic E-state index is 0.0394. The molecule has 7 heteroatoms. The van der Waals surface area contributed by atoms with Gasteiger partial charge in [-0.2, -0.15) is 11.8 Å². The van der Waals surface area contributed by atoms with Crippen LogP contribution in [0.2, 0.25) is 0 Å². The first-order valence-electron chi connectivity index (χ1n) is 14.8. The van der Waals surface area contributed by atoms with Gasteiger partial charge in [0.05, 0.1) is 19.3 Å². The van der Waals surface area contributed by atoms with Gasteiger partial charge in [0, 0.05) is 12.2 Å². The van der Waals surface area contributed by atoms with Gasteiger partial charge in [-0.3, -0.25) is 4.79 Å². The Balaban J connectivity index is 1.80. The molecule has 1 aliphatic rings. The summed E-state index contributed by atoms with van der Waals surface area (Å²) in [4.78, 5) is 25.2. The number of thioether (sulfide) groups is 1. The number of carboxylic acids is 1. The van der Waals surface area contributed by atoms with Gasteiger partial charge in [0.25, 0.3) is 5.91 Å². The summed E-state index contributed by atoms with van der Waals surface area (Å²) in [5, 5.41) is 12.4. The molecule has 1 saturated carbocycles. The van der Waals surface area contributed by atoms with Gasteiger partial charge in [0.2, 0.25) is 0 Å². The van der Waals surface area contributed by atoms with Crippen molar-refractivity contribution in [3.63, 3.8) is 0 Å². The number of nitrogens with one attached hydrogen (secondary N) is 1. The van der Waals surface area contributed by atoms with Crippen LogP contribution in [0.3, 0.4) is 0 Å². The summed E-state index contributed by atoms with van der Waals surface area (Å²) in [7, 11) is 0. The van der Waals surface area contributed by atoms with Gasteiger partial charge < -0.3 is 19.9 Å². The molecule has 0 saturated heterocycles. The summed E-state index contributed by atoms with van der Waals surface area (Å²) in [5.74, 6) is -0.0494. The lowest BCUT2D eigenvalue weighted by Gasteiger charge is -2.27. The number of rotatable bonds is 17. The van der Waals surface area contributed by atoms with E-state index in [-0.39, 0.29) is 12.0 Å². The Morgan fingerprint density at radius 1 is 1.10 bits per heavy atom. The van der Waals surface area contributed by atoms with Gasteiger partial charge in [0.1, 0.15) is 6.04 Å². The first-order chi connectivity index (χ1) is 19.4. The standard InChI is InChI=1S/C33H47NO5S/c1-4-5-18-38-23-27(20-25-12-7-6-8-13-25)39-22-26-15-16-29(30(21-26)28-14-10-9-11-24(28)2)32(35)34-31(33(36)37)17-19-40-3/h9-11,14-16,21,25,27,31H,4-8,12-13,17-20,22-23H2,1-3H3,(H,34,35)(H,36,37)/t27-,31?/m1/s1. The van der Waals surface area contributed by atoms with Crippen molar-refractivity contribution in [2.24, 2.45) is 5.92 Å². The molecule has 220 valence electrons. The summed E-state index contributed by atoms with van der Waals surface area (Å²) in [6.45, 7) is 5.99. The number of aryl methyl sites for hydroxylation is 1. The van der Waals surface area contributed by atoms with Crippen LogP contribution in [0.25, 0.3) is 11.1 Å². The summed E-state index contributed by atoms with van der Waals surface area (Å²) >= 11 is 1.56. The molecule has 3 rings (SSSR count). The molecule has 2 aromatic carbocycles. The molecule has 0 heterocycles. The number of carbonyl (C=O) groups is 2. The maximum atomic E-state index is 13.4. The van der Waals surface area contributed by atoms with E-state index in [4.69, 9.17) is 9.47 Å². The lowest BCUT2D eigenvalue weighted by atomic mass is 9.85. The van der Waals surface area contributed by atoms with Crippen LogP contribution in [0.4, 0.5) is 0 Å². The van der Waals surface area contributed by atoms with E-state index in [0.717, 1.165) is 48.1 Å². The van der Waals surface area contributed by atoms with Gasteiger partial charge in [-0.15, -0.1) is 0 Å². The number of unbranched alkanes of at least 4 members (excludes halogenated alkanes) is 1. The Bertz CT molecular complexity index is 1070. The zero-order valence-corrected chi connectivity index (χ0v) is 25.3. The van der Waals surface area contributed by atoms with Crippen molar-refractivity contribution >= 4 is 23.6 Å². The van der Waals surface area contributed by atoms with Crippen LogP contribution in [-0.2, 0) is 20.9 Å². The van der Waals surface area contributed by atoms with Gasteiger partial charge in [-0.1, -0.05) is 75.8 Å². The van der Waals surface area contributed by atoms with Crippen molar-refractivity contribution in [2.45, 2.75) is 90.4 Å². The normalized spacial score (nSPS) is 15.5. The Hall–Kier alpha value is -2.35. The smallest absolute Gasteiger partial charge is 0.326 e. The molecule has 2 atom stereocenters. The predicted molar refractivity (Wildman–Crippen MR) is 164 cm³/mol. The molecule has 40 heavy (non-hydrogen) atoms. The van der Waals surface area contributed by atoms with E-state index in [1.54, 1.807) is 17.8 Å². The number of amides is 1. The number of hydrogen-bond acceptors (Lipinski definition) is 5. The molecule has 2 N–H and O–H groups in total. The largest absolute Gasteiger partial charge is 0.480 e. The van der Waals surface area contributed by atoms with Crippen molar-refractivity contribution in [2.75, 3.05) is 25.2 Å². The molecule has 6 nitrogen and oxygen atoms in total. The van der Waals surface area contributed by atoms with E-state index in [1.165, 1.54) is 32.1 Å². The van der Waals surface area contributed by atoms with E-state index in [9.17, 15) is 14.7 Å². The lowest BCUT2D eigenvalue weighted by molar-refractivity contribution is -0.139. The summed E-state index contributed by atoms with van der Waals surface area (Å²) < 4.78 is 12.4. The minimum atomic E-state index is -1.02. The minimum Gasteiger partial charge on any atom is -0.480 e. The molecular weight excluding hydrogens is 522 g/mol. The fourth-order valence-corrected chi connectivity index (χ4v) is 5.83. The van der Waals surface area contributed by atoms with E-state index in [2.05, 4.69) is 12.2 Å². The molecule has 0 bridgehead atoms. The van der Waals surface area contributed by atoms with Gasteiger partial charge in [0.15, 0.2) is 0 Å². The Kier molecular flexibility index (Phi) is 14.0. The van der Waals surface area contributed by atoms with Crippen molar-refractivity contribution in [1.29, 1.82) is 0 Å². The number of aliphatic carboxylic acids is 1.